The average molecular weight is 315 g/mol. The number of nitrogens with one attached hydrogen (secondary N) is 1. The molecule has 1 aromatic carbocycles. The predicted molar refractivity (Wildman–Crippen MR) is 81.8 cm³/mol. The Morgan fingerprint density at radius 1 is 1.00 bits per heavy atom. The van der Waals surface area contributed by atoms with Crippen molar-refractivity contribution in [2.45, 2.75) is 12.8 Å². The number of rotatable bonds is 5. The zero-order valence-electron chi connectivity index (χ0n) is 12.3. The van der Waals surface area contributed by atoms with Crippen LogP contribution in [0.1, 0.15) is 12.0 Å². The number of hydrogen-bond donors (Lipinski definition) is 3. The number of anilines is 1. The number of allylic oxidation sites excluding steroid dienone is 2. The maximum atomic E-state index is 12.5. The number of benzene rings is 1. The molecule has 1 saturated carbocycles. The fraction of sp³-hybridized carbons (Fsp3) is 0.353. The van der Waals surface area contributed by atoms with Crippen molar-refractivity contribution in [2.24, 2.45) is 23.7 Å². The van der Waals surface area contributed by atoms with Crippen LogP contribution in [0.25, 0.3) is 0 Å². The zero-order chi connectivity index (χ0) is 16.6. The molecule has 1 amide bonds. The molecule has 0 spiro atoms. The van der Waals surface area contributed by atoms with E-state index in [0.717, 1.165) is 0 Å². The maximum Gasteiger partial charge on any atom is 0.307 e. The molecule has 3 rings (SSSR count). The fourth-order valence-electron chi connectivity index (χ4n) is 3.62. The lowest BCUT2D eigenvalue weighted by Gasteiger charge is -2.23. The summed E-state index contributed by atoms with van der Waals surface area (Å²) in [4.78, 5) is 34.6. The van der Waals surface area contributed by atoms with E-state index in [4.69, 9.17) is 5.11 Å². The highest BCUT2D eigenvalue weighted by Gasteiger charge is 2.51. The molecule has 4 unspecified atom stereocenters. The molecule has 3 N–H and O–H groups in total. The summed E-state index contributed by atoms with van der Waals surface area (Å²) in [6.07, 6.45) is 4.47. The third-order valence-corrected chi connectivity index (χ3v) is 4.62. The molecular weight excluding hydrogens is 298 g/mol. The molecule has 6 heteroatoms. The van der Waals surface area contributed by atoms with Gasteiger partial charge in [-0.3, -0.25) is 14.4 Å². The molecule has 0 radical (unpaired) electrons. The van der Waals surface area contributed by atoms with Gasteiger partial charge in [-0.1, -0.05) is 24.3 Å². The van der Waals surface area contributed by atoms with Gasteiger partial charge in [0.05, 0.1) is 18.3 Å². The molecule has 23 heavy (non-hydrogen) atoms. The first kappa shape index (κ1) is 15.3. The number of fused-ring (bicyclic) bond motifs is 2. The van der Waals surface area contributed by atoms with Gasteiger partial charge in [0.1, 0.15) is 0 Å². The molecule has 0 heterocycles. The second-order valence-corrected chi connectivity index (χ2v) is 6.09. The van der Waals surface area contributed by atoms with Gasteiger partial charge in [0.25, 0.3) is 0 Å². The van der Waals surface area contributed by atoms with Crippen molar-refractivity contribution in [2.75, 3.05) is 5.32 Å². The van der Waals surface area contributed by atoms with Crippen molar-refractivity contribution in [3.8, 4) is 0 Å². The van der Waals surface area contributed by atoms with E-state index in [2.05, 4.69) is 5.32 Å². The van der Waals surface area contributed by atoms with Crippen LogP contribution in [-0.2, 0) is 20.8 Å². The minimum absolute atomic E-state index is 0.0209. The molecule has 2 aliphatic rings. The zero-order valence-corrected chi connectivity index (χ0v) is 12.3. The van der Waals surface area contributed by atoms with E-state index in [1.54, 1.807) is 24.3 Å². The monoisotopic (exact) mass is 315 g/mol. The van der Waals surface area contributed by atoms with E-state index >= 15 is 0 Å². The van der Waals surface area contributed by atoms with Gasteiger partial charge in [-0.2, -0.15) is 0 Å². The summed E-state index contributed by atoms with van der Waals surface area (Å²) in [5.74, 6) is -3.45. The van der Waals surface area contributed by atoms with Gasteiger partial charge in [-0.15, -0.1) is 0 Å². The molecule has 0 saturated heterocycles. The van der Waals surface area contributed by atoms with Crippen molar-refractivity contribution in [1.82, 2.24) is 0 Å². The summed E-state index contributed by atoms with van der Waals surface area (Å²) < 4.78 is 0. The highest BCUT2D eigenvalue weighted by Crippen LogP contribution is 2.48. The summed E-state index contributed by atoms with van der Waals surface area (Å²) in [5, 5.41) is 20.9. The second-order valence-electron chi connectivity index (χ2n) is 6.09. The summed E-state index contributed by atoms with van der Waals surface area (Å²) in [6.45, 7) is 0. The summed E-state index contributed by atoms with van der Waals surface area (Å²) in [7, 11) is 0. The molecule has 2 bridgehead atoms. The number of hydrogen-bond acceptors (Lipinski definition) is 3. The second kappa shape index (κ2) is 5.87. The van der Waals surface area contributed by atoms with E-state index < -0.39 is 23.8 Å². The van der Waals surface area contributed by atoms with Gasteiger partial charge in [-0.05, 0) is 36.0 Å². The molecule has 2 aliphatic carbocycles. The standard InChI is InChI=1S/C17H17NO5/c19-13(20)7-9-1-5-12(6-2-9)18-16(21)14-10-3-4-11(8-10)15(14)17(22)23/h1-6,10-11,14-15H,7-8H2,(H,18,21)(H,19,20)(H,22,23). The molecule has 120 valence electrons. The number of carbonyl (C=O) groups excluding carboxylic acids is 1. The Morgan fingerprint density at radius 2 is 1.61 bits per heavy atom. The van der Waals surface area contributed by atoms with E-state index in [0.29, 0.717) is 17.7 Å². The lowest BCUT2D eigenvalue weighted by molar-refractivity contribution is -0.146. The topological polar surface area (TPSA) is 104 Å². The molecular formula is C17H17NO5. The van der Waals surface area contributed by atoms with Crippen LogP contribution in [0, 0.1) is 23.7 Å². The maximum absolute atomic E-state index is 12.5. The van der Waals surface area contributed by atoms with Gasteiger partial charge < -0.3 is 15.5 Å². The van der Waals surface area contributed by atoms with Crippen LogP contribution in [0.4, 0.5) is 5.69 Å². The van der Waals surface area contributed by atoms with E-state index in [1.807, 2.05) is 12.2 Å². The fourth-order valence-corrected chi connectivity index (χ4v) is 3.62. The van der Waals surface area contributed by atoms with Crippen LogP contribution < -0.4 is 5.32 Å². The number of carboxylic acid groups (broad SMARTS) is 2. The number of aliphatic carboxylic acids is 2. The summed E-state index contributed by atoms with van der Waals surface area (Å²) in [5.41, 5.74) is 1.18. The van der Waals surface area contributed by atoms with Crippen LogP contribution in [0.15, 0.2) is 36.4 Å². The Hall–Kier alpha value is -2.63. The van der Waals surface area contributed by atoms with Gasteiger partial charge in [-0.25, -0.2) is 0 Å². The highest BCUT2D eigenvalue weighted by molar-refractivity contribution is 5.96. The molecule has 0 aromatic heterocycles. The Morgan fingerprint density at radius 3 is 2.17 bits per heavy atom. The highest BCUT2D eigenvalue weighted by atomic mass is 16.4. The van der Waals surface area contributed by atoms with Gasteiger partial charge in [0.15, 0.2) is 0 Å². The predicted octanol–water partition coefficient (Wildman–Crippen LogP) is 1.78. The van der Waals surface area contributed by atoms with E-state index in [1.165, 1.54) is 0 Å². The first-order chi connectivity index (χ1) is 11.0. The van der Waals surface area contributed by atoms with Crippen LogP contribution >= 0.6 is 0 Å². The third kappa shape index (κ3) is 2.97. The van der Waals surface area contributed by atoms with Gasteiger partial charge in [0, 0.05) is 5.69 Å². The Bertz CT molecular complexity index is 679. The quantitative estimate of drug-likeness (QED) is 0.719. The number of carboxylic acids is 2. The molecule has 6 nitrogen and oxygen atoms in total. The minimum Gasteiger partial charge on any atom is -0.481 e. The first-order valence-corrected chi connectivity index (χ1v) is 7.48. The van der Waals surface area contributed by atoms with Crippen molar-refractivity contribution >= 4 is 23.5 Å². The van der Waals surface area contributed by atoms with Crippen molar-refractivity contribution in [3.05, 3.63) is 42.0 Å². The SMILES string of the molecule is O=C(O)Cc1ccc(NC(=O)C2C3C=CC(C3)C2C(=O)O)cc1. The lowest BCUT2D eigenvalue weighted by atomic mass is 9.82. The molecule has 4 atom stereocenters. The van der Waals surface area contributed by atoms with Crippen LogP contribution in [0.2, 0.25) is 0 Å². The third-order valence-electron chi connectivity index (χ3n) is 4.62. The Labute approximate surface area is 132 Å². The smallest absolute Gasteiger partial charge is 0.307 e. The lowest BCUT2D eigenvalue weighted by Crippen LogP contribution is -2.36. The Kier molecular flexibility index (Phi) is 3.90. The first-order valence-electron chi connectivity index (χ1n) is 7.48. The van der Waals surface area contributed by atoms with E-state index in [9.17, 15) is 19.5 Å². The van der Waals surface area contributed by atoms with Gasteiger partial charge in [0.2, 0.25) is 5.91 Å². The van der Waals surface area contributed by atoms with E-state index in [-0.39, 0.29) is 24.2 Å². The van der Waals surface area contributed by atoms with Crippen molar-refractivity contribution in [3.63, 3.8) is 0 Å². The minimum atomic E-state index is -0.932. The Balaban J connectivity index is 1.70. The number of amides is 1. The van der Waals surface area contributed by atoms with Crippen LogP contribution in [0.5, 0.6) is 0 Å². The number of carbonyl (C=O) groups is 3. The average Bonchev–Trinajstić information content (AvgIpc) is 3.09. The van der Waals surface area contributed by atoms with Crippen LogP contribution in [-0.4, -0.2) is 28.1 Å². The molecule has 1 aromatic rings. The van der Waals surface area contributed by atoms with Crippen LogP contribution in [0.3, 0.4) is 0 Å². The summed E-state index contributed by atoms with van der Waals surface area (Å²) >= 11 is 0. The largest absolute Gasteiger partial charge is 0.481 e. The van der Waals surface area contributed by atoms with Crippen molar-refractivity contribution in [1.29, 1.82) is 0 Å². The van der Waals surface area contributed by atoms with Crippen molar-refractivity contribution < 1.29 is 24.6 Å². The normalized spacial score (nSPS) is 27.8. The summed E-state index contributed by atoms with van der Waals surface area (Å²) in [6, 6.07) is 6.54. The molecule has 1 fully saturated rings. The van der Waals surface area contributed by atoms with Gasteiger partial charge >= 0.3 is 11.9 Å². The molecule has 0 aliphatic heterocycles.